The Bertz CT molecular complexity index is 171. The molecular formula is C11H19FO. The van der Waals surface area contributed by atoms with Crippen LogP contribution in [0.3, 0.4) is 0 Å². The summed E-state index contributed by atoms with van der Waals surface area (Å²) in [5, 5.41) is 9.06. The first-order chi connectivity index (χ1) is 6.24. The third-order valence-electron chi connectivity index (χ3n) is 3.93. The van der Waals surface area contributed by atoms with Crippen molar-refractivity contribution in [3.8, 4) is 0 Å². The molecule has 76 valence electrons. The number of rotatable bonds is 6. The largest absolute Gasteiger partial charge is 0.396 e. The van der Waals surface area contributed by atoms with Crippen LogP contribution in [0.15, 0.2) is 0 Å². The molecular weight excluding hydrogens is 167 g/mol. The molecule has 13 heavy (non-hydrogen) atoms. The van der Waals surface area contributed by atoms with E-state index in [2.05, 4.69) is 0 Å². The number of halogens is 1. The molecule has 0 aromatic rings. The molecule has 2 heteroatoms. The lowest BCUT2D eigenvalue weighted by atomic mass is 9.34. The van der Waals surface area contributed by atoms with Gasteiger partial charge in [-0.3, -0.25) is 4.39 Å². The van der Waals surface area contributed by atoms with Crippen LogP contribution in [0.1, 0.15) is 44.9 Å². The Morgan fingerprint density at radius 3 is 2.23 bits per heavy atom. The maximum absolute atomic E-state index is 11.8. The van der Waals surface area contributed by atoms with Gasteiger partial charge in [0.2, 0.25) is 0 Å². The van der Waals surface area contributed by atoms with Crippen LogP contribution in [0.4, 0.5) is 4.39 Å². The van der Waals surface area contributed by atoms with Crippen LogP contribution >= 0.6 is 0 Å². The Hall–Kier alpha value is -0.110. The van der Waals surface area contributed by atoms with Gasteiger partial charge in [0, 0.05) is 6.61 Å². The number of unbranched alkanes of at least 4 members (excludes halogenated alkanes) is 2. The lowest BCUT2D eigenvalue weighted by Gasteiger charge is -2.71. The molecule has 1 N–H and O–H groups in total. The SMILES string of the molecule is OCC12CC(CCCCCF)(C1)C2. The number of hydrogen-bond acceptors (Lipinski definition) is 1. The highest BCUT2D eigenvalue weighted by atomic mass is 19.1. The standard InChI is InChI=1S/C11H19FO/c12-5-3-1-2-4-10-6-11(7-10,8-10)9-13/h13H,1-9H2. The average Bonchev–Trinajstić information content (AvgIpc) is 1.99. The van der Waals surface area contributed by atoms with E-state index in [-0.39, 0.29) is 6.67 Å². The summed E-state index contributed by atoms with van der Waals surface area (Å²) in [7, 11) is 0. The Morgan fingerprint density at radius 1 is 1.00 bits per heavy atom. The van der Waals surface area contributed by atoms with Crippen molar-refractivity contribution in [1.82, 2.24) is 0 Å². The fourth-order valence-corrected chi connectivity index (χ4v) is 3.44. The fourth-order valence-electron chi connectivity index (χ4n) is 3.44. The van der Waals surface area contributed by atoms with Crippen LogP contribution < -0.4 is 0 Å². The lowest BCUT2D eigenvalue weighted by molar-refractivity contribution is -0.227. The molecule has 0 atom stereocenters. The Labute approximate surface area is 79.3 Å². The minimum atomic E-state index is -0.159. The predicted octanol–water partition coefficient (Wildman–Crippen LogP) is 2.68. The van der Waals surface area contributed by atoms with E-state index in [1.54, 1.807) is 0 Å². The van der Waals surface area contributed by atoms with Crippen molar-refractivity contribution in [3.63, 3.8) is 0 Å². The Balaban J connectivity index is 1.59. The van der Waals surface area contributed by atoms with Gasteiger partial charge in [-0.1, -0.05) is 12.8 Å². The quantitative estimate of drug-likeness (QED) is 0.632. The summed E-state index contributed by atoms with van der Waals surface area (Å²) in [6, 6.07) is 0. The summed E-state index contributed by atoms with van der Waals surface area (Å²) in [6.07, 6.45) is 7.97. The zero-order chi connectivity index (χ0) is 9.36. The van der Waals surface area contributed by atoms with E-state index in [1.807, 2.05) is 0 Å². The summed E-state index contributed by atoms with van der Waals surface area (Å²) in [6.45, 7) is 0.229. The fraction of sp³-hybridized carbons (Fsp3) is 1.00. The third-order valence-corrected chi connectivity index (χ3v) is 3.93. The lowest BCUT2D eigenvalue weighted by Crippen LogP contribution is -2.63. The second-order valence-electron chi connectivity index (χ2n) is 5.19. The van der Waals surface area contributed by atoms with Crippen LogP contribution in [0.2, 0.25) is 0 Å². The molecule has 3 aliphatic carbocycles. The minimum Gasteiger partial charge on any atom is -0.396 e. The van der Waals surface area contributed by atoms with E-state index >= 15 is 0 Å². The number of hydrogen-bond donors (Lipinski definition) is 1. The molecule has 1 nitrogen and oxygen atoms in total. The highest BCUT2D eigenvalue weighted by Gasteiger charge is 2.66. The molecule has 0 amide bonds. The van der Waals surface area contributed by atoms with E-state index in [9.17, 15) is 4.39 Å². The first kappa shape index (κ1) is 9.45. The highest BCUT2D eigenvalue weighted by molar-refractivity contribution is 5.16. The molecule has 3 aliphatic rings. The summed E-state index contributed by atoms with van der Waals surface area (Å²) in [5.41, 5.74) is 0.944. The van der Waals surface area contributed by atoms with Crippen molar-refractivity contribution in [1.29, 1.82) is 0 Å². The molecule has 0 aromatic heterocycles. The topological polar surface area (TPSA) is 20.2 Å². The van der Waals surface area contributed by atoms with Gasteiger partial charge >= 0.3 is 0 Å². The van der Waals surface area contributed by atoms with Crippen molar-refractivity contribution in [2.24, 2.45) is 10.8 Å². The first-order valence-electron chi connectivity index (χ1n) is 5.41. The smallest absolute Gasteiger partial charge is 0.0894 e. The molecule has 2 bridgehead atoms. The van der Waals surface area contributed by atoms with Gasteiger partial charge in [0.1, 0.15) is 0 Å². The summed E-state index contributed by atoms with van der Waals surface area (Å²) in [5.74, 6) is 0. The summed E-state index contributed by atoms with van der Waals surface area (Å²) >= 11 is 0. The monoisotopic (exact) mass is 186 g/mol. The van der Waals surface area contributed by atoms with E-state index in [1.165, 1.54) is 32.1 Å². The second-order valence-corrected chi connectivity index (χ2v) is 5.19. The molecule has 0 radical (unpaired) electrons. The van der Waals surface area contributed by atoms with Crippen LogP contribution in [0.25, 0.3) is 0 Å². The van der Waals surface area contributed by atoms with Gasteiger partial charge in [0.15, 0.2) is 0 Å². The normalized spacial score (nSPS) is 41.1. The van der Waals surface area contributed by atoms with E-state index in [0.29, 0.717) is 17.4 Å². The molecule has 0 aromatic carbocycles. The molecule has 3 saturated carbocycles. The molecule has 0 spiro atoms. The zero-order valence-electron chi connectivity index (χ0n) is 8.19. The first-order valence-corrected chi connectivity index (χ1v) is 5.41. The van der Waals surface area contributed by atoms with Crippen molar-refractivity contribution in [3.05, 3.63) is 0 Å². The van der Waals surface area contributed by atoms with Gasteiger partial charge in [-0.25, -0.2) is 0 Å². The van der Waals surface area contributed by atoms with E-state index in [0.717, 1.165) is 12.8 Å². The minimum absolute atomic E-state index is 0.159. The van der Waals surface area contributed by atoms with E-state index < -0.39 is 0 Å². The third kappa shape index (κ3) is 1.50. The molecule has 0 heterocycles. The van der Waals surface area contributed by atoms with Gasteiger partial charge < -0.3 is 5.11 Å². The van der Waals surface area contributed by atoms with Crippen molar-refractivity contribution in [2.45, 2.75) is 44.9 Å². The van der Waals surface area contributed by atoms with Crippen molar-refractivity contribution >= 4 is 0 Å². The predicted molar refractivity (Wildman–Crippen MR) is 50.2 cm³/mol. The highest BCUT2D eigenvalue weighted by Crippen LogP contribution is 2.74. The maximum atomic E-state index is 11.8. The van der Waals surface area contributed by atoms with Crippen LogP contribution in [0, 0.1) is 10.8 Å². The Kier molecular flexibility index (Phi) is 2.35. The van der Waals surface area contributed by atoms with Gasteiger partial charge in [0.05, 0.1) is 6.67 Å². The van der Waals surface area contributed by atoms with Crippen molar-refractivity contribution < 1.29 is 9.50 Å². The summed E-state index contributed by atoms with van der Waals surface area (Å²) < 4.78 is 11.8. The maximum Gasteiger partial charge on any atom is 0.0894 e. The average molecular weight is 186 g/mol. The molecule has 0 aliphatic heterocycles. The second kappa shape index (κ2) is 3.23. The van der Waals surface area contributed by atoms with Crippen LogP contribution in [0.5, 0.6) is 0 Å². The molecule has 3 fully saturated rings. The summed E-state index contributed by atoms with van der Waals surface area (Å²) in [4.78, 5) is 0. The van der Waals surface area contributed by atoms with Gasteiger partial charge in [0.25, 0.3) is 0 Å². The van der Waals surface area contributed by atoms with Gasteiger partial charge in [-0.05, 0) is 42.9 Å². The number of alkyl halides is 1. The van der Waals surface area contributed by atoms with E-state index in [4.69, 9.17) is 5.11 Å². The Morgan fingerprint density at radius 2 is 1.69 bits per heavy atom. The zero-order valence-corrected chi connectivity index (χ0v) is 8.19. The molecule has 0 saturated heterocycles. The van der Waals surface area contributed by atoms with Crippen LogP contribution in [-0.2, 0) is 0 Å². The van der Waals surface area contributed by atoms with Gasteiger partial charge in [-0.2, -0.15) is 0 Å². The number of aliphatic hydroxyl groups excluding tert-OH is 1. The van der Waals surface area contributed by atoms with Crippen molar-refractivity contribution in [2.75, 3.05) is 13.3 Å². The molecule has 0 unspecified atom stereocenters. The van der Waals surface area contributed by atoms with Crippen LogP contribution in [-0.4, -0.2) is 18.4 Å². The number of aliphatic hydroxyl groups is 1. The van der Waals surface area contributed by atoms with Gasteiger partial charge in [-0.15, -0.1) is 0 Å². The molecule has 3 rings (SSSR count).